The molecule has 8 nitrogen and oxygen atoms in total. The van der Waals surface area contributed by atoms with Crippen molar-refractivity contribution in [2.75, 3.05) is 25.0 Å². The van der Waals surface area contributed by atoms with Gasteiger partial charge >= 0.3 is 0 Å². The molecule has 1 aliphatic rings. The highest BCUT2D eigenvalue weighted by Crippen LogP contribution is 2.43. The first kappa shape index (κ1) is 25.9. The van der Waals surface area contributed by atoms with Crippen molar-refractivity contribution < 1.29 is 9.59 Å². The summed E-state index contributed by atoms with van der Waals surface area (Å²) in [7, 11) is 0. The van der Waals surface area contributed by atoms with Gasteiger partial charge in [-0.05, 0) is 60.6 Å². The van der Waals surface area contributed by atoms with E-state index in [0.717, 1.165) is 33.2 Å². The molecular formula is C29H31ClN6O2. The molecule has 2 aromatic heterocycles. The van der Waals surface area contributed by atoms with E-state index in [1.54, 1.807) is 24.5 Å². The second-order valence-electron chi connectivity index (χ2n) is 9.67. The number of pyridine rings is 2. The standard InChI is InChI=1S/C29H31ClN6O2/c30-25-14-18(2-6-21(25)19-3-4-19)16-32-13-9-27(37)34-10-1-11-35-29-23-8-12-33-17-24(23)22-7-5-20(28(31)38)15-26(22)36-29/h2,5-8,12,14-15,17,19,32H,1,3-4,9-11,13,16H2,(H2,31,38)(H,34,37)(H,35,36). The Morgan fingerprint density at radius 3 is 2.66 bits per heavy atom. The smallest absolute Gasteiger partial charge is 0.248 e. The van der Waals surface area contributed by atoms with Gasteiger partial charge in [-0.1, -0.05) is 29.8 Å². The number of rotatable bonds is 12. The Hall–Kier alpha value is -3.75. The van der Waals surface area contributed by atoms with Gasteiger partial charge in [0.25, 0.3) is 0 Å². The summed E-state index contributed by atoms with van der Waals surface area (Å²) in [5.41, 5.74) is 8.90. The van der Waals surface area contributed by atoms with Crippen molar-refractivity contribution in [3.05, 3.63) is 76.6 Å². The first-order chi connectivity index (χ1) is 18.5. The zero-order valence-electron chi connectivity index (χ0n) is 21.1. The molecule has 5 rings (SSSR count). The number of primary amides is 1. The second-order valence-corrected chi connectivity index (χ2v) is 10.1. The second kappa shape index (κ2) is 11.8. The molecule has 2 heterocycles. The van der Waals surface area contributed by atoms with Crippen LogP contribution in [0.5, 0.6) is 0 Å². The maximum atomic E-state index is 12.2. The Bertz CT molecular complexity index is 1490. The van der Waals surface area contributed by atoms with Crippen LogP contribution in [0, 0.1) is 0 Å². The maximum absolute atomic E-state index is 12.2. The fourth-order valence-electron chi connectivity index (χ4n) is 4.59. The van der Waals surface area contributed by atoms with Crippen molar-refractivity contribution in [3.8, 4) is 0 Å². The van der Waals surface area contributed by atoms with E-state index in [2.05, 4.69) is 33.1 Å². The van der Waals surface area contributed by atoms with Crippen LogP contribution in [0.2, 0.25) is 5.02 Å². The summed E-state index contributed by atoms with van der Waals surface area (Å²) in [6.07, 6.45) is 7.13. The molecule has 1 saturated carbocycles. The fourth-order valence-corrected chi connectivity index (χ4v) is 4.95. The van der Waals surface area contributed by atoms with E-state index in [1.807, 2.05) is 18.2 Å². The van der Waals surface area contributed by atoms with Crippen molar-refractivity contribution in [3.63, 3.8) is 0 Å². The van der Waals surface area contributed by atoms with Crippen molar-refractivity contribution in [1.82, 2.24) is 20.6 Å². The Morgan fingerprint density at radius 2 is 1.87 bits per heavy atom. The average molecular weight is 531 g/mol. The number of hydrogen-bond donors (Lipinski definition) is 4. The molecule has 4 aromatic rings. The van der Waals surface area contributed by atoms with Crippen LogP contribution in [-0.2, 0) is 11.3 Å². The minimum Gasteiger partial charge on any atom is -0.369 e. The summed E-state index contributed by atoms with van der Waals surface area (Å²) >= 11 is 6.40. The van der Waals surface area contributed by atoms with Gasteiger partial charge in [0, 0.05) is 71.7 Å². The molecule has 196 valence electrons. The highest BCUT2D eigenvalue weighted by atomic mass is 35.5. The van der Waals surface area contributed by atoms with Gasteiger partial charge in [0.15, 0.2) is 0 Å². The quantitative estimate of drug-likeness (QED) is 0.158. The van der Waals surface area contributed by atoms with Crippen LogP contribution < -0.4 is 21.7 Å². The number of carbonyl (C=O) groups is 2. The van der Waals surface area contributed by atoms with Gasteiger partial charge in [-0.2, -0.15) is 0 Å². The Morgan fingerprint density at radius 1 is 1.00 bits per heavy atom. The van der Waals surface area contributed by atoms with Crippen LogP contribution in [0.15, 0.2) is 54.9 Å². The predicted octanol–water partition coefficient (Wildman–Crippen LogP) is 4.51. The summed E-state index contributed by atoms with van der Waals surface area (Å²) in [5.74, 6) is 0.865. The molecular weight excluding hydrogens is 500 g/mol. The lowest BCUT2D eigenvalue weighted by molar-refractivity contribution is -0.121. The van der Waals surface area contributed by atoms with Gasteiger partial charge in [0.1, 0.15) is 5.82 Å². The van der Waals surface area contributed by atoms with Gasteiger partial charge < -0.3 is 21.7 Å². The summed E-state index contributed by atoms with van der Waals surface area (Å²) < 4.78 is 0. The minimum atomic E-state index is -0.493. The van der Waals surface area contributed by atoms with E-state index in [4.69, 9.17) is 22.3 Å². The molecule has 0 unspecified atom stereocenters. The van der Waals surface area contributed by atoms with Crippen LogP contribution in [0.3, 0.4) is 0 Å². The van der Waals surface area contributed by atoms with E-state index >= 15 is 0 Å². The molecule has 0 saturated heterocycles. The van der Waals surface area contributed by atoms with Gasteiger partial charge in [-0.3, -0.25) is 14.6 Å². The van der Waals surface area contributed by atoms with Crippen molar-refractivity contribution in [2.45, 2.75) is 38.1 Å². The highest BCUT2D eigenvalue weighted by Gasteiger charge is 2.25. The number of fused-ring (bicyclic) bond motifs is 3. The number of anilines is 1. The third-order valence-corrected chi connectivity index (χ3v) is 7.12. The molecule has 2 aromatic carbocycles. The fraction of sp³-hybridized carbons (Fsp3) is 0.310. The zero-order valence-corrected chi connectivity index (χ0v) is 21.9. The van der Waals surface area contributed by atoms with Crippen LogP contribution in [0.4, 0.5) is 5.82 Å². The van der Waals surface area contributed by atoms with Crippen LogP contribution >= 0.6 is 11.6 Å². The van der Waals surface area contributed by atoms with Gasteiger partial charge in [-0.15, -0.1) is 0 Å². The van der Waals surface area contributed by atoms with E-state index < -0.39 is 5.91 Å². The molecule has 1 aliphatic carbocycles. The van der Waals surface area contributed by atoms with E-state index in [-0.39, 0.29) is 5.91 Å². The maximum Gasteiger partial charge on any atom is 0.248 e. The molecule has 0 bridgehead atoms. The predicted molar refractivity (Wildman–Crippen MR) is 151 cm³/mol. The monoisotopic (exact) mass is 530 g/mol. The van der Waals surface area contributed by atoms with Crippen LogP contribution in [-0.4, -0.2) is 41.4 Å². The molecule has 0 aliphatic heterocycles. The molecule has 2 amide bonds. The van der Waals surface area contributed by atoms with E-state index in [9.17, 15) is 9.59 Å². The minimum absolute atomic E-state index is 0.0129. The van der Waals surface area contributed by atoms with Gasteiger partial charge in [0.05, 0.1) is 5.52 Å². The number of amides is 2. The van der Waals surface area contributed by atoms with Gasteiger partial charge in [0.2, 0.25) is 11.8 Å². The normalized spacial score (nSPS) is 13.1. The summed E-state index contributed by atoms with van der Waals surface area (Å²) in [4.78, 5) is 32.8. The number of nitrogens with one attached hydrogen (secondary N) is 3. The lowest BCUT2D eigenvalue weighted by atomic mass is 10.1. The SMILES string of the molecule is NC(=O)c1ccc2c(c1)nc(NCCCNC(=O)CCNCc1ccc(C3CC3)c(Cl)c1)c1ccncc12. The number of nitrogens with two attached hydrogens (primary N) is 1. The van der Waals surface area contributed by atoms with Crippen molar-refractivity contribution in [1.29, 1.82) is 0 Å². The third kappa shape index (κ3) is 6.20. The zero-order chi connectivity index (χ0) is 26.5. The molecule has 0 radical (unpaired) electrons. The Kier molecular flexibility index (Phi) is 8.00. The largest absolute Gasteiger partial charge is 0.369 e. The van der Waals surface area contributed by atoms with Crippen molar-refractivity contribution >= 4 is 50.9 Å². The Labute approximate surface area is 226 Å². The molecule has 0 spiro atoms. The number of aromatic nitrogens is 2. The molecule has 38 heavy (non-hydrogen) atoms. The highest BCUT2D eigenvalue weighted by molar-refractivity contribution is 6.31. The third-order valence-electron chi connectivity index (χ3n) is 6.79. The Balaban J connectivity index is 1.06. The lowest BCUT2D eigenvalue weighted by Crippen LogP contribution is -2.29. The molecule has 1 fully saturated rings. The first-order valence-corrected chi connectivity index (χ1v) is 13.3. The van der Waals surface area contributed by atoms with Crippen LogP contribution in [0.1, 0.15) is 53.1 Å². The van der Waals surface area contributed by atoms with E-state index in [0.29, 0.717) is 55.4 Å². The number of halogens is 1. The first-order valence-electron chi connectivity index (χ1n) is 13.0. The summed E-state index contributed by atoms with van der Waals surface area (Å²) in [5, 5.41) is 13.3. The number of hydrogen-bond acceptors (Lipinski definition) is 6. The average Bonchev–Trinajstić information content (AvgIpc) is 3.76. The molecule has 5 N–H and O–H groups in total. The lowest BCUT2D eigenvalue weighted by Gasteiger charge is -2.12. The number of benzene rings is 2. The molecule has 9 heteroatoms. The number of nitrogens with zero attached hydrogens (tertiary/aromatic N) is 2. The number of carbonyl (C=O) groups excluding carboxylic acids is 2. The molecule has 0 atom stereocenters. The topological polar surface area (TPSA) is 122 Å². The van der Waals surface area contributed by atoms with Crippen molar-refractivity contribution in [2.24, 2.45) is 5.73 Å². The van der Waals surface area contributed by atoms with Gasteiger partial charge in [-0.25, -0.2) is 4.98 Å². The van der Waals surface area contributed by atoms with Crippen LogP contribution in [0.25, 0.3) is 21.7 Å². The summed E-state index contributed by atoms with van der Waals surface area (Å²) in [6, 6.07) is 13.4. The van der Waals surface area contributed by atoms with E-state index in [1.165, 1.54) is 18.4 Å². The summed E-state index contributed by atoms with van der Waals surface area (Å²) in [6.45, 7) is 2.47.